The van der Waals surface area contributed by atoms with E-state index in [1.165, 1.54) is 11.7 Å². The summed E-state index contributed by atoms with van der Waals surface area (Å²) in [4.78, 5) is 40.4. The number of ether oxygens (including phenoxy) is 2. The first-order valence-corrected chi connectivity index (χ1v) is 15.0. The highest BCUT2D eigenvalue weighted by Gasteiger charge is 2.39. The molecule has 0 spiro atoms. The van der Waals surface area contributed by atoms with Crippen molar-refractivity contribution in [1.82, 2.24) is 9.88 Å². The van der Waals surface area contributed by atoms with Gasteiger partial charge < -0.3 is 14.8 Å². The second-order valence-corrected chi connectivity index (χ2v) is 12.0. The zero-order valence-corrected chi connectivity index (χ0v) is 26.0. The van der Waals surface area contributed by atoms with Crippen LogP contribution in [0.3, 0.4) is 0 Å². The second-order valence-electron chi connectivity index (χ2n) is 12.0. The molecule has 0 fully saturated rings. The molecule has 0 aliphatic carbocycles. The fraction of sp³-hybridized carbons (Fsp3) is 0.237. The molecule has 0 aliphatic rings. The van der Waals surface area contributed by atoms with Crippen LogP contribution < -0.4 is 5.32 Å². The first kappa shape index (κ1) is 31.3. The van der Waals surface area contributed by atoms with Crippen molar-refractivity contribution in [3.63, 3.8) is 0 Å². The molecule has 5 aromatic rings. The maximum absolute atomic E-state index is 14.1. The highest BCUT2D eigenvalue weighted by Crippen LogP contribution is 2.42. The minimum absolute atomic E-state index is 0.0399. The molecule has 1 amide bonds. The van der Waals surface area contributed by atoms with Crippen LogP contribution in [-0.4, -0.2) is 41.3 Å². The second kappa shape index (κ2) is 13.2. The van der Waals surface area contributed by atoms with Gasteiger partial charge in [0.05, 0.1) is 18.0 Å². The van der Waals surface area contributed by atoms with E-state index >= 15 is 0 Å². The van der Waals surface area contributed by atoms with Crippen LogP contribution in [0.4, 0.5) is 4.79 Å². The number of aromatic nitrogens is 1. The van der Waals surface area contributed by atoms with E-state index in [9.17, 15) is 14.4 Å². The number of nitrogens with one attached hydrogen (secondary N) is 1. The lowest BCUT2D eigenvalue weighted by Crippen LogP contribution is -2.46. The molecule has 1 N–H and O–H groups in total. The molecule has 0 bridgehead atoms. The first-order chi connectivity index (χ1) is 21.6. The number of nitrogens with zero attached hydrogens (tertiary/aromatic N) is 1. The number of hydrogen-bond acceptors (Lipinski definition) is 5. The average Bonchev–Trinajstić information content (AvgIpc) is 3.42. The van der Waals surface area contributed by atoms with E-state index in [2.05, 4.69) is 5.32 Å². The Balaban J connectivity index is 1.51. The molecule has 7 heteroatoms. The summed E-state index contributed by atoms with van der Waals surface area (Å²) in [6.07, 6.45) is 1.30. The van der Waals surface area contributed by atoms with E-state index in [-0.39, 0.29) is 18.7 Å². The van der Waals surface area contributed by atoms with E-state index in [0.29, 0.717) is 11.1 Å². The molecule has 0 saturated carbocycles. The van der Waals surface area contributed by atoms with E-state index in [1.54, 1.807) is 27.0 Å². The van der Waals surface area contributed by atoms with Crippen molar-refractivity contribution in [1.29, 1.82) is 0 Å². The summed E-state index contributed by atoms with van der Waals surface area (Å²) in [6.45, 7) is 5.42. The van der Waals surface area contributed by atoms with E-state index < -0.39 is 29.1 Å². The Morgan fingerprint density at radius 3 is 1.71 bits per heavy atom. The van der Waals surface area contributed by atoms with Crippen molar-refractivity contribution >= 4 is 28.9 Å². The van der Waals surface area contributed by atoms with E-state index in [1.807, 2.05) is 115 Å². The summed E-state index contributed by atoms with van der Waals surface area (Å²) in [7, 11) is 1.30. The number of carbonyl (C=O) groups excluding carboxylic acids is 3. The van der Waals surface area contributed by atoms with Gasteiger partial charge in [-0.3, -0.25) is 9.36 Å². The predicted molar refractivity (Wildman–Crippen MR) is 175 cm³/mol. The Labute approximate surface area is 263 Å². The fourth-order valence-electron chi connectivity index (χ4n) is 5.89. The lowest BCUT2D eigenvalue weighted by molar-refractivity contribution is -0.145. The lowest BCUT2D eigenvalue weighted by atomic mass is 9.67. The zero-order chi connectivity index (χ0) is 32.0. The van der Waals surface area contributed by atoms with Crippen molar-refractivity contribution in [2.75, 3.05) is 7.11 Å². The van der Waals surface area contributed by atoms with Crippen LogP contribution in [-0.2, 0) is 30.9 Å². The van der Waals surface area contributed by atoms with Crippen molar-refractivity contribution in [2.24, 2.45) is 0 Å². The topological polar surface area (TPSA) is 86.6 Å². The number of benzene rings is 4. The van der Waals surface area contributed by atoms with Crippen molar-refractivity contribution in [3.05, 3.63) is 144 Å². The molecule has 0 radical (unpaired) electrons. The maximum atomic E-state index is 14.1. The molecule has 0 aliphatic heterocycles. The third kappa shape index (κ3) is 6.83. The molecule has 1 heterocycles. The highest BCUT2D eigenvalue weighted by molar-refractivity contribution is 5.93. The highest BCUT2D eigenvalue weighted by atomic mass is 16.6. The Morgan fingerprint density at radius 2 is 1.22 bits per heavy atom. The number of fused-ring (bicyclic) bond motifs is 1. The smallest absolute Gasteiger partial charge is 0.419 e. The van der Waals surface area contributed by atoms with Gasteiger partial charge >= 0.3 is 12.1 Å². The number of methoxy groups -OCH3 is 1. The largest absolute Gasteiger partial charge is 0.467 e. The molecule has 4 aromatic carbocycles. The van der Waals surface area contributed by atoms with Crippen LogP contribution in [0.2, 0.25) is 0 Å². The lowest BCUT2D eigenvalue weighted by Gasteiger charge is -2.36. The Hall–Kier alpha value is -5.17. The minimum Gasteiger partial charge on any atom is -0.467 e. The van der Waals surface area contributed by atoms with Crippen LogP contribution in [0.15, 0.2) is 121 Å². The number of hydrogen-bond donors (Lipinski definition) is 1. The Bertz CT molecular complexity index is 1680. The van der Waals surface area contributed by atoms with Crippen LogP contribution in [0.25, 0.3) is 10.9 Å². The van der Waals surface area contributed by atoms with Gasteiger partial charge in [0.2, 0.25) is 5.91 Å². The molecular weight excluding hydrogens is 564 g/mol. The van der Waals surface area contributed by atoms with Crippen molar-refractivity contribution in [3.8, 4) is 0 Å². The van der Waals surface area contributed by atoms with Gasteiger partial charge in [0.25, 0.3) is 0 Å². The van der Waals surface area contributed by atoms with Crippen LogP contribution >= 0.6 is 0 Å². The zero-order valence-electron chi connectivity index (χ0n) is 26.0. The van der Waals surface area contributed by atoms with E-state index in [0.717, 1.165) is 22.1 Å². The molecular formula is C38H38N2O5. The molecule has 0 saturated heterocycles. The number of para-hydroxylation sites is 1. The Morgan fingerprint density at radius 1 is 0.733 bits per heavy atom. The summed E-state index contributed by atoms with van der Waals surface area (Å²) in [5.41, 5.74) is 2.68. The molecule has 230 valence electrons. The SMILES string of the molecule is COC(=O)[C@H](Cc1cn(C(=O)OC(C)(C)C)c2ccccc12)NC(=O)CC(c1ccccc1)(c1ccccc1)c1ccccc1. The molecule has 7 nitrogen and oxygen atoms in total. The Kier molecular flexibility index (Phi) is 9.18. The summed E-state index contributed by atoms with van der Waals surface area (Å²) in [5.74, 6) is -0.903. The number of rotatable bonds is 9. The summed E-state index contributed by atoms with van der Waals surface area (Å²) < 4.78 is 12.2. The summed E-state index contributed by atoms with van der Waals surface area (Å²) in [5, 5.41) is 3.76. The van der Waals surface area contributed by atoms with Crippen molar-refractivity contribution in [2.45, 2.75) is 50.7 Å². The van der Waals surface area contributed by atoms with E-state index in [4.69, 9.17) is 9.47 Å². The fourth-order valence-corrected chi connectivity index (χ4v) is 5.89. The van der Waals surface area contributed by atoms with Gasteiger partial charge in [-0.05, 0) is 49.1 Å². The van der Waals surface area contributed by atoms with Gasteiger partial charge in [-0.15, -0.1) is 0 Å². The monoisotopic (exact) mass is 602 g/mol. The quantitative estimate of drug-likeness (QED) is 0.144. The number of carbonyl (C=O) groups is 3. The standard InChI is InChI=1S/C38H38N2O5/c1-37(2,3)45-36(43)40-26-27(31-22-14-15-23-33(31)40)24-32(35(42)44-4)39-34(41)25-38(28-16-8-5-9-17-28,29-18-10-6-11-19-29)30-20-12-7-13-21-30/h5-23,26,32H,24-25H2,1-4H3,(H,39,41)/t32-/m0/s1. The third-order valence-electron chi connectivity index (χ3n) is 7.86. The minimum atomic E-state index is -1.000. The molecule has 0 unspecified atom stereocenters. The molecule has 5 rings (SSSR count). The van der Waals surface area contributed by atoms with Crippen LogP contribution in [0, 0.1) is 0 Å². The summed E-state index contributed by atoms with van der Waals surface area (Å²) >= 11 is 0. The molecule has 1 aromatic heterocycles. The predicted octanol–water partition coefficient (Wildman–Crippen LogP) is 7.05. The van der Waals surface area contributed by atoms with Gasteiger partial charge in [-0.1, -0.05) is 109 Å². The van der Waals surface area contributed by atoms with Gasteiger partial charge in [-0.25, -0.2) is 9.59 Å². The van der Waals surface area contributed by atoms with Crippen molar-refractivity contribution < 1.29 is 23.9 Å². The molecule has 45 heavy (non-hydrogen) atoms. The normalized spacial score (nSPS) is 12.4. The third-order valence-corrected chi connectivity index (χ3v) is 7.86. The average molecular weight is 603 g/mol. The van der Waals surface area contributed by atoms with Gasteiger partial charge in [0, 0.05) is 24.4 Å². The van der Waals surface area contributed by atoms with Crippen LogP contribution in [0.5, 0.6) is 0 Å². The van der Waals surface area contributed by atoms with Gasteiger partial charge in [0.15, 0.2) is 0 Å². The van der Waals surface area contributed by atoms with Gasteiger partial charge in [-0.2, -0.15) is 0 Å². The first-order valence-electron chi connectivity index (χ1n) is 15.0. The maximum Gasteiger partial charge on any atom is 0.419 e. The van der Waals surface area contributed by atoms with Crippen LogP contribution in [0.1, 0.15) is 49.4 Å². The molecule has 1 atom stereocenters. The number of amides is 1. The number of esters is 1. The summed E-state index contributed by atoms with van der Waals surface area (Å²) in [6, 6.07) is 36.2. The van der Waals surface area contributed by atoms with Gasteiger partial charge in [0.1, 0.15) is 11.6 Å².